The Hall–Kier alpha value is -6.59. The molecule has 3 aliphatic rings. The third kappa shape index (κ3) is 5.94. The number of benzene rings is 5. The lowest BCUT2D eigenvalue weighted by atomic mass is 9.64. The average molecular weight is 775 g/mol. The van der Waals surface area contributed by atoms with Gasteiger partial charge in [-0.1, -0.05) is 136 Å². The maximum Gasteiger partial charge on any atom is 0.141 e. The molecule has 10 rings (SSSR count). The summed E-state index contributed by atoms with van der Waals surface area (Å²) in [7, 11) is 0. The largest absolute Gasteiger partial charge is 0.456 e. The number of anilines is 1. The van der Waals surface area contributed by atoms with Gasteiger partial charge in [-0.25, -0.2) is 13.8 Å². The fraction of sp³-hybridized carbons (Fsp3) is 0.167. The summed E-state index contributed by atoms with van der Waals surface area (Å²) in [6.07, 6.45) is 12.1. The Bertz CT molecular complexity index is 2880. The van der Waals surface area contributed by atoms with Crippen molar-refractivity contribution in [2.45, 2.75) is 52.0 Å². The second-order valence-corrected chi connectivity index (χ2v) is 17.0. The van der Waals surface area contributed by atoms with Crippen LogP contribution < -0.4 is 4.90 Å². The van der Waals surface area contributed by atoms with E-state index in [1.807, 2.05) is 48.7 Å². The molecular weight excluding hydrogens is 731 g/mol. The second-order valence-electron chi connectivity index (χ2n) is 17.0. The van der Waals surface area contributed by atoms with Crippen molar-refractivity contribution in [3.8, 4) is 11.1 Å². The Morgan fingerprint density at radius 3 is 2.17 bits per heavy atom. The molecule has 3 nitrogen and oxygen atoms in total. The van der Waals surface area contributed by atoms with Gasteiger partial charge < -0.3 is 9.32 Å². The molecule has 0 fully saturated rings. The van der Waals surface area contributed by atoms with Crippen LogP contribution in [0.5, 0.6) is 0 Å². The number of hydrogen-bond donors (Lipinski definition) is 0. The van der Waals surface area contributed by atoms with Crippen molar-refractivity contribution in [3.63, 3.8) is 0 Å². The predicted octanol–water partition coefficient (Wildman–Crippen LogP) is 14.0. The van der Waals surface area contributed by atoms with E-state index in [0.29, 0.717) is 12.8 Å². The summed E-state index contributed by atoms with van der Waals surface area (Å²) in [6, 6.07) is 42.6. The number of aryl methyl sites for hydroxylation is 1. The highest BCUT2D eigenvalue weighted by Gasteiger charge is 2.53. The molecule has 0 saturated heterocycles. The van der Waals surface area contributed by atoms with Gasteiger partial charge in [-0.2, -0.15) is 0 Å². The Labute approximate surface area is 344 Å². The van der Waals surface area contributed by atoms with Gasteiger partial charge in [-0.05, 0) is 106 Å². The number of nitrogens with zero attached hydrogens (tertiary/aromatic N) is 2. The number of furan rings is 1. The van der Waals surface area contributed by atoms with E-state index in [0.717, 1.165) is 83.9 Å². The summed E-state index contributed by atoms with van der Waals surface area (Å²) < 4.78 is 38.5. The molecule has 2 heterocycles. The van der Waals surface area contributed by atoms with Gasteiger partial charge >= 0.3 is 0 Å². The number of fused-ring (bicyclic) bond motifs is 6. The van der Waals surface area contributed by atoms with E-state index in [2.05, 4.69) is 111 Å². The normalized spacial score (nSPS) is 16.9. The first-order valence-electron chi connectivity index (χ1n) is 20.4. The van der Waals surface area contributed by atoms with Crippen molar-refractivity contribution < 1.29 is 13.2 Å². The van der Waals surface area contributed by atoms with E-state index in [-0.39, 0.29) is 23.1 Å². The van der Waals surface area contributed by atoms with Crippen molar-refractivity contribution in [1.82, 2.24) is 4.98 Å². The van der Waals surface area contributed by atoms with E-state index in [4.69, 9.17) is 9.40 Å². The van der Waals surface area contributed by atoms with E-state index in [1.54, 1.807) is 24.3 Å². The van der Waals surface area contributed by atoms with Crippen LogP contribution in [-0.2, 0) is 5.41 Å². The Balaban J connectivity index is 1.32. The molecule has 0 radical (unpaired) electrons. The quantitative estimate of drug-likeness (QED) is 0.168. The minimum Gasteiger partial charge on any atom is -0.456 e. The second kappa shape index (κ2) is 14.1. The molecule has 2 aromatic heterocycles. The molecule has 0 bridgehead atoms. The van der Waals surface area contributed by atoms with Gasteiger partial charge in [0.2, 0.25) is 0 Å². The molecule has 59 heavy (non-hydrogen) atoms. The fourth-order valence-electron chi connectivity index (χ4n) is 9.79. The first-order valence-corrected chi connectivity index (χ1v) is 20.4. The third-order valence-corrected chi connectivity index (χ3v) is 12.3. The Morgan fingerprint density at radius 2 is 1.44 bits per heavy atom. The summed E-state index contributed by atoms with van der Waals surface area (Å²) in [5, 5.41) is 1.03. The van der Waals surface area contributed by atoms with Gasteiger partial charge in [-0.3, -0.25) is 0 Å². The molecule has 0 amide bonds. The number of hydrogen-bond acceptors (Lipinski definition) is 3. The molecule has 0 saturated carbocycles. The van der Waals surface area contributed by atoms with Gasteiger partial charge in [-0.15, -0.1) is 0 Å². The first kappa shape index (κ1) is 36.7. The van der Waals surface area contributed by atoms with Crippen LogP contribution in [0.2, 0.25) is 0 Å². The molecule has 5 heteroatoms. The van der Waals surface area contributed by atoms with E-state index < -0.39 is 5.41 Å². The monoisotopic (exact) mass is 774 g/mol. The summed E-state index contributed by atoms with van der Waals surface area (Å²) in [4.78, 5) is 7.77. The van der Waals surface area contributed by atoms with Gasteiger partial charge in [0.15, 0.2) is 0 Å². The van der Waals surface area contributed by atoms with Crippen LogP contribution in [0.15, 0.2) is 185 Å². The Kier molecular flexibility index (Phi) is 8.75. The average Bonchev–Trinajstić information content (AvgIpc) is 3.64. The third-order valence-electron chi connectivity index (χ3n) is 12.3. The standard InChI is InChI=1S/C54H44F2N2O/c1-34-29-44(35-15-6-5-7-16-35)52(57-33-34)58(41-22-14-17-36(27-28-41)53(2,3)4)47-32-46-49(51-50(47)43-24-9-11-26-48(43)59-51)42-23-8-10-25-45(42)54(46,37-18-12-20-39(55)30-37)38-19-13-21-40(56)31-38/h5-21,23-31,33,47H,22,32H2,1-4H3. The SMILES string of the molecule is Cc1cnc(N(C2=CC=C(C(C)(C)C)C=CC2)C2CC3=C(c4ccccc4C3(c3cccc(F)c3)c3cccc(F)c3)c3oc4ccccc4c32)c(-c2ccccc2)c1. The highest BCUT2D eigenvalue weighted by molar-refractivity contribution is 5.99. The highest BCUT2D eigenvalue weighted by Crippen LogP contribution is 2.63. The number of rotatable bonds is 6. The smallest absolute Gasteiger partial charge is 0.141 e. The number of pyridine rings is 1. The van der Waals surface area contributed by atoms with Crippen molar-refractivity contribution >= 4 is 22.4 Å². The summed E-state index contributed by atoms with van der Waals surface area (Å²) in [5.74, 6) is 0.901. The lowest BCUT2D eigenvalue weighted by molar-refractivity contribution is 0.517. The highest BCUT2D eigenvalue weighted by atomic mass is 19.1. The van der Waals surface area contributed by atoms with Crippen molar-refractivity contribution in [1.29, 1.82) is 0 Å². The van der Waals surface area contributed by atoms with Crippen LogP contribution in [-0.4, -0.2) is 4.98 Å². The van der Waals surface area contributed by atoms with Gasteiger partial charge in [0.05, 0.1) is 11.5 Å². The van der Waals surface area contributed by atoms with Gasteiger partial charge in [0, 0.05) is 40.4 Å². The van der Waals surface area contributed by atoms with Gasteiger partial charge in [0.1, 0.15) is 28.8 Å². The van der Waals surface area contributed by atoms with E-state index >= 15 is 8.78 Å². The summed E-state index contributed by atoms with van der Waals surface area (Å²) in [6.45, 7) is 8.80. The van der Waals surface area contributed by atoms with Crippen LogP contribution in [0, 0.1) is 24.0 Å². The lowest BCUT2D eigenvalue weighted by Crippen LogP contribution is -2.36. The molecule has 290 valence electrons. The van der Waals surface area contributed by atoms with Crippen molar-refractivity contribution in [3.05, 3.63) is 232 Å². The summed E-state index contributed by atoms with van der Waals surface area (Å²) >= 11 is 0. The minimum atomic E-state index is -1.04. The van der Waals surface area contributed by atoms with Crippen molar-refractivity contribution in [2.75, 3.05) is 4.90 Å². The molecule has 7 aromatic rings. The van der Waals surface area contributed by atoms with Gasteiger partial charge in [0.25, 0.3) is 0 Å². The van der Waals surface area contributed by atoms with Crippen LogP contribution >= 0.6 is 0 Å². The minimum absolute atomic E-state index is 0.0613. The Morgan fingerprint density at radius 1 is 0.746 bits per heavy atom. The van der Waals surface area contributed by atoms with Crippen LogP contribution in [0.3, 0.4) is 0 Å². The fourth-order valence-corrected chi connectivity index (χ4v) is 9.79. The van der Waals surface area contributed by atoms with E-state index in [1.165, 1.54) is 17.7 Å². The first-order chi connectivity index (χ1) is 28.6. The molecule has 0 aliphatic heterocycles. The molecule has 0 spiro atoms. The molecule has 0 N–H and O–H groups in total. The molecule has 1 atom stereocenters. The number of allylic oxidation sites excluding steroid dienone is 5. The number of aromatic nitrogens is 1. The maximum absolute atomic E-state index is 15.7. The topological polar surface area (TPSA) is 29.3 Å². The zero-order valence-corrected chi connectivity index (χ0v) is 33.6. The van der Waals surface area contributed by atoms with Crippen LogP contribution in [0.1, 0.15) is 78.8 Å². The van der Waals surface area contributed by atoms with Crippen LogP contribution in [0.4, 0.5) is 14.6 Å². The predicted molar refractivity (Wildman–Crippen MR) is 235 cm³/mol. The maximum atomic E-state index is 15.7. The van der Waals surface area contributed by atoms with Crippen molar-refractivity contribution in [2.24, 2.45) is 5.41 Å². The summed E-state index contributed by atoms with van der Waals surface area (Å²) in [5.41, 5.74) is 11.6. The molecule has 5 aromatic carbocycles. The molecular formula is C54H44F2N2O. The van der Waals surface area contributed by atoms with Crippen LogP contribution in [0.25, 0.3) is 27.7 Å². The van der Waals surface area contributed by atoms with E-state index in [9.17, 15) is 0 Å². The zero-order chi connectivity index (χ0) is 40.5. The number of para-hydroxylation sites is 1. The number of halogens is 2. The lowest BCUT2D eigenvalue weighted by Gasteiger charge is -2.42. The molecule has 3 aliphatic carbocycles. The molecule has 1 unspecified atom stereocenters. The zero-order valence-electron chi connectivity index (χ0n) is 33.6.